The van der Waals surface area contributed by atoms with Crippen molar-refractivity contribution in [2.45, 2.75) is 50.9 Å². The number of halogens is 4. The molecule has 0 aliphatic heterocycles. The fourth-order valence-electron chi connectivity index (χ4n) is 5.25. The first-order chi connectivity index (χ1) is 14.4. The topological polar surface area (TPSA) is 0 Å². The largest absolute Gasteiger partial charge is 0.0609 e. The highest BCUT2D eigenvalue weighted by Gasteiger charge is 2.35. The molecule has 0 spiro atoms. The standard InChI is InChI=1S/C26H24I4/c1-15-6-3-8-20(27)24(15)17-12-18(25-16(2)7-4-9-21(25)28)14-19(13-17)26-22(29)10-5-11-23(26)30/h3-11,17-19H,12-14H2,1-2H3. The summed E-state index contributed by atoms with van der Waals surface area (Å²) in [5.41, 5.74) is 7.63. The van der Waals surface area contributed by atoms with Crippen molar-refractivity contribution in [1.82, 2.24) is 0 Å². The zero-order chi connectivity index (χ0) is 21.4. The average Bonchev–Trinajstić information content (AvgIpc) is 2.67. The summed E-state index contributed by atoms with van der Waals surface area (Å²) < 4.78 is 5.69. The minimum atomic E-state index is 0.597. The Morgan fingerprint density at radius 2 is 0.800 bits per heavy atom. The molecule has 3 aromatic rings. The highest BCUT2D eigenvalue weighted by Crippen LogP contribution is 2.51. The van der Waals surface area contributed by atoms with Crippen LogP contribution in [0.15, 0.2) is 54.6 Å². The molecule has 4 rings (SSSR count). The van der Waals surface area contributed by atoms with Crippen LogP contribution in [0.4, 0.5) is 0 Å². The molecule has 3 aromatic carbocycles. The molecular weight excluding hydrogens is 820 g/mol. The van der Waals surface area contributed by atoms with E-state index in [-0.39, 0.29) is 0 Å². The summed E-state index contributed by atoms with van der Waals surface area (Å²) in [5, 5.41) is 0. The summed E-state index contributed by atoms with van der Waals surface area (Å²) >= 11 is 10.2. The van der Waals surface area contributed by atoms with Gasteiger partial charge in [0.15, 0.2) is 0 Å². The van der Waals surface area contributed by atoms with Gasteiger partial charge in [-0.05, 0) is 193 Å². The summed E-state index contributed by atoms with van der Waals surface area (Å²) in [4.78, 5) is 0. The smallest absolute Gasteiger partial charge is 0.0175 e. The van der Waals surface area contributed by atoms with E-state index < -0.39 is 0 Å². The van der Waals surface area contributed by atoms with Crippen LogP contribution in [0.1, 0.15) is 64.8 Å². The van der Waals surface area contributed by atoms with Crippen LogP contribution in [0, 0.1) is 28.1 Å². The van der Waals surface area contributed by atoms with E-state index in [1.165, 1.54) is 44.7 Å². The molecule has 0 N–H and O–H groups in total. The molecule has 0 nitrogen and oxygen atoms in total. The molecule has 1 aliphatic rings. The molecule has 1 saturated carbocycles. The van der Waals surface area contributed by atoms with Crippen LogP contribution in [0.5, 0.6) is 0 Å². The number of rotatable bonds is 3. The fraction of sp³-hybridized carbons (Fsp3) is 0.308. The molecule has 0 bridgehead atoms. The predicted molar refractivity (Wildman–Crippen MR) is 162 cm³/mol. The predicted octanol–water partition coefficient (Wildman–Crippen LogP) is 9.56. The lowest BCUT2D eigenvalue weighted by Crippen LogP contribution is -2.23. The van der Waals surface area contributed by atoms with E-state index in [1.807, 2.05) is 0 Å². The lowest BCUT2D eigenvalue weighted by Gasteiger charge is -2.38. The summed E-state index contributed by atoms with van der Waals surface area (Å²) in [6, 6.07) is 20.3. The summed E-state index contributed by atoms with van der Waals surface area (Å²) in [6.45, 7) is 4.59. The number of hydrogen-bond donors (Lipinski definition) is 0. The first kappa shape index (κ1) is 23.7. The van der Waals surface area contributed by atoms with Gasteiger partial charge >= 0.3 is 0 Å². The normalized spacial score (nSPS) is 21.6. The number of benzene rings is 3. The van der Waals surface area contributed by atoms with Crippen LogP contribution >= 0.6 is 90.4 Å². The van der Waals surface area contributed by atoms with E-state index in [0.717, 1.165) is 0 Å². The Morgan fingerprint density at radius 3 is 1.17 bits per heavy atom. The van der Waals surface area contributed by atoms with E-state index >= 15 is 0 Å². The highest BCUT2D eigenvalue weighted by molar-refractivity contribution is 14.1. The third kappa shape index (κ3) is 4.90. The second kappa shape index (κ2) is 10.2. The van der Waals surface area contributed by atoms with Gasteiger partial charge in [0.1, 0.15) is 0 Å². The Morgan fingerprint density at radius 1 is 0.500 bits per heavy atom. The minimum absolute atomic E-state index is 0.597. The zero-order valence-corrected chi connectivity index (χ0v) is 25.7. The first-order valence-electron chi connectivity index (χ1n) is 10.3. The Balaban J connectivity index is 1.83. The molecule has 0 heterocycles. The Labute approximate surface area is 235 Å². The molecule has 30 heavy (non-hydrogen) atoms. The van der Waals surface area contributed by atoms with Gasteiger partial charge in [-0.3, -0.25) is 0 Å². The van der Waals surface area contributed by atoms with E-state index in [4.69, 9.17) is 0 Å². The van der Waals surface area contributed by atoms with Gasteiger partial charge in [0.05, 0.1) is 0 Å². The van der Waals surface area contributed by atoms with Crippen molar-refractivity contribution < 1.29 is 0 Å². The molecule has 0 amide bonds. The minimum Gasteiger partial charge on any atom is -0.0609 e. The lowest BCUT2D eigenvalue weighted by molar-refractivity contribution is 0.347. The molecule has 156 valence electrons. The van der Waals surface area contributed by atoms with Crippen LogP contribution < -0.4 is 0 Å². The third-order valence-electron chi connectivity index (χ3n) is 6.47. The van der Waals surface area contributed by atoms with Crippen LogP contribution in [0.2, 0.25) is 0 Å². The van der Waals surface area contributed by atoms with Gasteiger partial charge in [0.2, 0.25) is 0 Å². The number of aryl methyl sites for hydroxylation is 2. The van der Waals surface area contributed by atoms with Gasteiger partial charge < -0.3 is 0 Å². The molecule has 2 atom stereocenters. The molecule has 1 fully saturated rings. The van der Waals surface area contributed by atoms with Crippen molar-refractivity contribution in [3.8, 4) is 0 Å². The zero-order valence-electron chi connectivity index (χ0n) is 17.1. The van der Waals surface area contributed by atoms with E-state index in [9.17, 15) is 0 Å². The van der Waals surface area contributed by atoms with Crippen molar-refractivity contribution in [1.29, 1.82) is 0 Å². The SMILES string of the molecule is Cc1cccc(I)c1C1CC(c2c(C)cccc2I)CC(c2c(I)cccc2I)C1. The maximum absolute atomic E-state index is 2.55. The van der Waals surface area contributed by atoms with Crippen LogP contribution in [-0.2, 0) is 0 Å². The Kier molecular flexibility index (Phi) is 8.10. The van der Waals surface area contributed by atoms with Crippen molar-refractivity contribution >= 4 is 90.4 Å². The van der Waals surface area contributed by atoms with E-state index in [2.05, 4.69) is 159 Å². The van der Waals surface area contributed by atoms with Crippen molar-refractivity contribution in [3.05, 3.63) is 96.7 Å². The molecule has 2 unspecified atom stereocenters. The van der Waals surface area contributed by atoms with Gasteiger partial charge in [-0.2, -0.15) is 0 Å². The van der Waals surface area contributed by atoms with Crippen LogP contribution in [0.3, 0.4) is 0 Å². The molecule has 4 heteroatoms. The van der Waals surface area contributed by atoms with Crippen molar-refractivity contribution in [2.75, 3.05) is 0 Å². The second-order valence-corrected chi connectivity index (χ2v) is 13.0. The molecule has 0 saturated heterocycles. The Hall–Kier alpha value is 0.580. The van der Waals surface area contributed by atoms with Crippen molar-refractivity contribution in [2.24, 2.45) is 0 Å². The first-order valence-corrected chi connectivity index (χ1v) is 14.6. The van der Waals surface area contributed by atoms with E-state index in [1.54, 1.807) is 16.7 Å². The Bertz CT molecular complexity index is 869. The quantitative estimate of drug-likeness (QED) is 0.231. The summed E-state index contributed by atoms with van der Waals surface area (Å²) in [5.74, 6) is 1.80. The van der Waals surface area contributed by atoms with Crippen LogP contribution in [-0.4, -0.2) is 0 Å². The molecule has 1 aliphatic carbocycles. The highest BCUT2D eigenvalue weighted by atomic mass is 127. The fourth-order valence-corrected chi connectivity index (χ4v) is 9.79. The van der Waals surface area contributed by atoms with Gasteiger partial charge in [-0.15, -0.1) is 0 Å². The average molecular weight is 844 g/mol. The second-order valence-electron chi connectivity index (χ2n) is 8.37. The molecule has 0 radical (unpaired) electrons. The molecular formula is C26H24I4. The maximum atomic E-state index is 2.55. The van der Waals surface area contributed by atoms with Crippen LogP contribution in [0.25, 0.3) is 0 Å². The van der Waals surface area contributed by atoms with Crippen molar-refractivity contribution in [3.63, 3.8) is 0 Å². The van der Waals surface area contributed by atoms with Gasteiger partial charge in [-0.1, -0.05) is 30.3 Å². The van der Waals surface area contributed by atoms with Gasteiger partial charge in [0.25, 0.3) is 0 Å². The third-order valence-corrected chi connectivity index (χ3v) is 10.2. The summed E-state index contributed by atoms with van der Waals surface area (Å²) in [6.07, 6.45) is 3.74. The maximum Gasteiger partial charge on any atom is 0.0175 e. The molecule has 0 aromatic heterocycles. The van der Waals surface area contributed by atoms with E-state index in [0.29, 0.717) is 17.8 Å². The number of hydrogen-bond acceptors (Lipinski definition) is 0. The monoisotopic (exact) mass is 844 g/mol. The summed E-state index contributed by atoms with van der Waals surface area (Å²) in [7, 11) is 0. The lowest BCUT2D eigenvalue weighted by atomic mass is 9.67. The van der Waals surface area contributed by atoms with Gasteiger partial charge in [-0.25, -0.2) is 0 Å². The van der Waals surface area contributed by atoms with Gasteiger partial charge in [0, 0.05) is 14.3 Å².